The number of fused-ring (bicyclic) bond motifs is 1. The molecule has 0 atom stereocenters. The molecule has 0 fully saturated rings. The summed E-state index contributed by atoms with van der Waals surface area (Å²) in [5, 5.41) is 0.875. The van der Waals surface area contributed by atoms with Crippen molar-refractivity contribution in [3.63, 3.8) is 0 Å². The molecule has 0 aliphatic carbocycles. The molecule has 0 amide bonds. The molecular weight excluding hydrogens is 202 g/mol. The summed E-state index contributed by atoms with van der Waals surface area (Å²) in [6.07, 6.45) is 1.63. The summed E-state index contributed by atoms with van der Waals surface area (Å²) in [4.78, 5) is 15.9. The third kappa shape index (κ3) is 1.65. The number of carbonyl (C=O) groups excluding carboxylic acids is 1. The fourth-order valence-corrected chi connectivity index (χ4v) is 1.95. The van der Waals surface area contributed by atoms with Crippen molar-refractivity contribution < 1.29 is 9.53 Å². The molecule has 0 aliphatic rings. The van der Waals surface area contributed by atoms with Crippen molar-refractivity contribution in [2.24, 2.45) is 0 Å². The van der Waals surface area contributed by atoms with Crippen LogP contribution in [0.3, 0.4) is 0 Å². The molecule has 0 saturated carbocycles. The van der Waals surface area contributed by atoms with Crippen LogP contribution in [0.1, 0.15) is 21.5 Å². The smallest absolute Gasteiger partial charge is 0.338 e. The van der Waals surface area contributed by atoms with Crippen LogP contribution in [0.2, 0.25) is 0 Å². The van der Waals surface area contributed by atoms with Crippen LogP contribution >= 0.6 is 0 Å². The Morgan fingerprint density at radius 2 is 2.06 bits per heavy atom. The number of carbonyl (C=O) groups is 1. The molecule has 0 radical (unpaired) electrons. The predicted molar refractivity (Wildman–Crippen MR) is 62.6 cm³/mol. The maximum Gasteiger partial charge on any atom is 0.338 e. The summed E-state index contributed by atoms with van der Waals surface area (Å²) < 4.78 is 4.76. The lowest BCUT2D eigenvalue weighted by Gasteiger charge is -2.07. The van der Waals surface area contributed by atoms with Crippen LogP contribution in [0.4, 0.5) is 0 Å². The van der Waals surface area contributed by atoms with Gasteiger partial charge in [0, 0.05) is 11.6 Å². The number of benzene rings is 1. The standard InChI is InChI=1S/C13H13NO2/c1-8-6-9(2)12-10(13(15)16-3)4-5-14-11(12)7-8/h4-7H,1-3H3. The van der Waals surface area contributed by atoms with Crippen molar-refractivity contribution in [3.05, 3.63) is 41.1 Å². The molecular formula is C13H13NO2. The Bertz CT molecular complexity index is 561. The van der Waals surface area contributed by atoms with E-state index in [9.17, 15) is 4.79 Å². The zero-order chi connectivity index (χ0) is 11.7. The Balaban J connectivity index is 2.81. The van der Waals surface area contributed by atoms with Crippen molar-refractivity contribution in [2.45, 2.75) is 13.8 Å². The van der Waals surface area contributed by atoms with E-state index in [1.807, 2.05) is 26.0 Å². The monoisotopic (exact) mass is 215 g/mol. The number of rotatable bonds is 1. The zero-order valence-electron chi connectivity index (χ0n) is 9.57. The van der Waals surface area contributed by atoms with Crippen LogP contribution in [-0.4, -0.2) is 18.1 Å². The minimum Gasteiger partial charge on any atom is -0.465 e. The van der Waals surface area contributed by atoms with Crippen molar-refractivity contribution in [3.8, 4) is 0 Å². The lowest BCUT2D eigenvalue weighted by molar-refractivity contribution is 0.0603. The Morgan fingerprint density at radius 1 is 1.31 bits per heavy atom. The number of aromatic nitrogens is 1. The second kappa shape index (κ2) is 3.93. The molecule has 16 heavy (non-hydrogen) atoms. The first-order valence-corrected chi connectivity index (χ1v) is 5.08. The van der Waals surface area contributed by atoms with Gasteiger partial charge in [-0.15, -0.1) is 0 Å². The highest BCUT2D eigenvalue weighted by molar-refractivity contribution is 6.04. The molecule has 82 valence electrons. The maximum absolute atomic E-state index is 11.6. The topological polar surface area (TPSA) is 39.2 Å². The summed E-state index contributed by atoms with van der Waals surface area (Å²) in [5.41, 5.74) is 3.59. The van der Waals surface area contributed by atoms with Gasteiger partial charge in [0.05, 0.1) is 18.2 Å². The average Bonchev–Trinajstić information content (AvgIpc) is 2.26. The molecule has 1 aromatic carbocycles. The molecule has 2 rings (SSSR count). The average molecular weight is 215 g/mol. The molecule has 0 bridgehead atoms. The quantitative estimate of drug-likeness (QED) is 0.686. The normalized spacial score (nSPS) is 10.4. The number of ether oxygens (including phenoxy) is 1. The van der Waals surface area contributed by atoms with Gasteiger partial charge in [0.2, 0.25) is 0 Å². The zero-order valence-corrected chi connectivity index (χ0v) is 9.57. The first-order chi connectivity index (χ1) is 7.63. The summed E-state index contributed by atoms with van der Waals surface area (Å²) in [6.45, 7) is 3.99. The predicted octanol–water partition coefficient (Wildman–Crippen LogP) is 2.64. The van der Waals surface area contributed by atoms with Crippen molar-refractivity contribution in [2.75, 3.05) is 7.11 Å². The van der Waals surface area contributed by atoms with E-state index in [2.05, 4.69) is 4.98 Å². The SMILES string of the molecule is COC(=O)c1ccnc2cc(C)cc(C)c12. The number of aryl methyl sites for hydroxylation is 2. The second-order valence-electron chi connectivity index (χ2n) is 3.83. The van der Waals surface area contributed by atoms with Crippen LogP contribution in [0.25, 0.3) is 10.9 Å². The second-order valence-corrected chi connectivity index (χ2v) is 3.83. The van der Waals surface area contributed by atoms with Gasteiger partial charge in [0.15, 0.2) is 0 Å². The highest BCUT2D eigenvalue weighted by Crippen LogP contribution is 2.23. The van der Waals surface area contributed by atoms with Crippen LogP contribution < -0.4 is 0 Å². The molecule has 2 aromatic rings. The van der Waals surface area contributed by atoms with Gasteiger partial charge < -0.3 is 4.74 Å². The van der Waals surface area contributed by atoms with Gasteiger partial charge in [0.25, 0.3) is 0 Å². The van der Waals surface area contributed by atoms with Gasteiger partial charge in [-0.1, -0.05) is 6.07 Å². The van der Waals surface area contributed by atoms with Gasteiger partial charge in [-0.25, -0.2) is 4.79 Å². The molecule has 0 aliphatic heterocycles. The van der Waals surface area contributed by atoms with E-state index >= 15 is 0 Å². The van der Waals surface area contributed by atoms with Crippen molar-refractivity contribution in [1.82, 2.24) is 4.98 Å². The Morgan fingerprint density at radius 3 is 2.75 bits per heavy atom. The first kappa shape index (κ1) is 10.6. The van der Waals surface area contributed by atoms with E-state index in [-0.39, 0.29) is 5.97 Å². The minimum atomic E-state index is -0.320. The maximum atomic E-state index is 11.6. The number of pyridine rings is 1. The summed E-state index contributed by atoms with van der Waals surface area (Å²) in [6, 6.07) is 5.70. The van der Waals surface area contributed by atoms with E-state index in [0.29, 0.717) is 5.56 Å². The molecule has 0 unspecified atom stereocenters. The largest absolute Gasteiger partial charge is 0.465 e. The number of methoxy groups -OCH3 is 1. The van der Waals surface area contributed by atoms with Crippen molar-refractivity contribution >= 4 is 16.9 Å². The highest BCUT2D eigenvalue weighted by atomic mass is 16.5. The summed E-state index contributed by atoms with van der Waals surface area (Å²) in [7, 11) is 1.39. The van der Waals surface area contributed by atoms with Crippen LogP contribution in [0.5, 0.6) is 0 Å². The summed E-state index contributed by atoms with van der Waals surface area (Å²) in [5.74, 6) is -0.320. The molecule has 3 heteroatoms. The number of esters is 1. The highest BCUT2D eigenvalue weighted by Gasteiger charge is 2.12. The molecule has 0 saturated heterocycles. The van der Waals surface area contributed by atoms with Gasteiger partial charge in [-0.2, -0.15) is 0 Å². The lowest BCUT2D eigenvalue weighted by Crippen LogP contribution is -2.03. The fraction of sp³-hybridized carbons (Fsp3) is 0.231. The molecule has 1 heterocycles. The molecule has 0 spiro atoms. The first-order valence-electron chi connectivity index (χ1n) is 5.08. The van der Waals surface area contributed by atoms with Gasteiger partial charge in [-0.3, -0.25) is 4.98 Å². The molecule has 0 N–H and O–H groups in total. The number of hydrogen-bond acceptors (Lipinski definition) is 3. The third-order valence-corrected chi connectivity index (χ3v) is 2.59. The van der Waals surface area contributed by atoms with Crippen LogP contribution in [-0.2, 0) is 4.74 Å². The van der Waals surface area contributed by atoms with E-state index in [4.69, 9.17) is 4.74 Å². The van der Waals surface area contributed by atoms with Crippen LogP contribution in [0.15, 0.2) is 24.4 Å². The van der Waals surface area contributed by atoms with E-state index in [1.54, 1.807) is 12.3 Å². The number of hydrogen-bond donors (Lipinski definition) is 0. The van der Waals surface area contributed by atoms with Crippen molar-refractivity contribution in [1.29, 1.82) is 0 Å². The fourth-order valence-electron chi connectivity index (χ4n) is 1.95. The van der Waals surface area contributed by atoms with E-state index < -0.39 is 0 Å². The van der Waals surface area contributed by atoms with Gasteiger partial charge in [-0.05, 0) is 37.1 Å². The summed E-state index contributed by atoms with van der Waals surface area (Å²) >= 11 is 0. The van der Waals surface area contributed by atoms with Gasteiger partial charge in [0.1, 0.15) is 0 Å². The minimum absolute atomic E-state index is 0.320. The number of nitrogens with zero attached hydrogens (tertiary/aromatic N) is 1. The van der Waals surface area contributed by atoms with Crippen LogP contribution in [0, 0.1) is 13.8 Å². The van der Waals surface area contributed by atoms with E-state index in [1.165, 1.54) is 7.11 Å². The van der Waals surface area contributed by atoms with Gasteiger partial charge >= 0.3 is 5.97 Å². The third-order valence-electron chi connectivity index (χ3n) is 2.59. The van der Waals surface area contributed by atoms with E-state index in [0.717, 1.165) is 22.0 Å². The Hall–Kier alpha value is -1.90. The molecule has 1 aromatic heterocycles. The Labute approximate surface area is 94.1 Å². The Kier molecular flexibility index (Phi) is 2.60. The molecule has 3 nitrogen and oxygen atoms in total. The lowest BCUT2D eigenvalue weighted by atomic mass is 10.0.